The van der Waals surface area contributed by atoms with Crippen LogP contribution in [0.1, 0.15) is 18.0 Å². The smallest absolute Gasteiger partial charge is 0.163 e. The molecule has 0 saturated carbocycles. The van der Waals surface area contributed by atoms with Crippen molar-refractivity contribution in [1.82, 2.24) is 10.9 Å². The highest BCUT2D eigenvalue weighted by molar-refractivity contribution is 5.23. The van der Waals surface area contributed by atoms with Gasteiger partial charge >= 0.3 is 0 Å². The Kier molecular flexibility index (Phi) is 2.45. The van der Waals surface area contributed by atoms with Crippen molar-refractivity contribution in [2.24, 2.45) is 5.73 Å². The van der Waals surface area contributed by atoms with Crippen molar-refractivity contribution < 1.29 is 8.78 Å². The van der Waals surface area contributed by atoms with Crippen LogP contribution < -0.4 is 16.6 Å². The Morgan fingerprint density at radius 1 is 1.29 bits per heavy atom. The molecular formula is C9H11F2N3. The molecular weight excluding hydrogens is 188 g/mol. The van der Waals surface area contributed by atoms with Gasteiger partial charge in [-0.1, -0.05) is 12.1 Å². The van der Waals surface area contributed by atoms with E-state index < -0.39 is 11.6 Å². The maximum Gasteiger partial charge on any atom is 0.163 e. The summed E-state index contributed by atoms with van der Waals surface area (Å²) in [6.45, 7) is 0. The lowest BCUT2D eigenvalue weighted by Crippen LogP contribution is -2.36. The molecule has 0 aromatic heterocycles. The molecule has 1 heterocycles. The van der Waals surface area contributed by atoms with Gasteiger partial charge in [-0.3, -0.25) is 0 Å². The molecule has 3 nitrogen and oxygen atoms in total. The Labute approximate surface area is 80.3 Å². The molecule has 1 aromatic carbocycles. The lowest BCUT2D eigenvalue weighted by Gasteiger charge is -2.10. The third-order valence-electron chi connectivity index (χ3n) is 2.29. The van der Waals surface area contributed by atoms with Crippen LogP contribution in [0.25, 0.3) is 0 Å². The van der Waals surface area contributed by atoms with Crippen LogP contribution in [0, 0.1) is 11.6 Å². The van der Waals surface area contributed by atoms with Crippen LogP contribution in [0.2, 0.25) is 0 Å². The molecule has 1 fully saturated rings. The minimum Gasteiger partial charge on any atom is -0.315 e. The van der Waals surface area contributed by atoms with Gasteiger partial charge in [0.25, 0.3) is 0 Å². The zero-order chi connectivity index (χ0) is 10.1. The van der Waals surface area contributed by atoms with Crippen molar-refractivity contribution >= 4 is 0 Å². The number of benzene rings is 1. The van der Waals surface area contributed by atoms with Crippen LogP contribution in [0.15, 0.2) is 18.2 Å². The van der Waals surface area contributed by atoms with E-state index in [4.69, 9.17) is 5.73 Å². The molecule has 0 amide bonds. The summed E-state index contributed by atoms with van der Waals surface area (Å²) in [6.07, 6.45) is 0.322. The second-order valence-corrected chi connectivity index (χ2v) is 3.33. The van der Waals surface area contributed by atoms with Gasteiger partial charge in [-0.2, -0.15) is 0 Å². The van der Waals surface area contributed by atoms with Crippen LogP contribution >= 0.6 is 0 Å². The second kappa shape index (κ2) is 3.61. The lowest BCUT2D eigenvalue weighted by molar-refractivity contribution is 0.474. The molecule has 14 heavy (non-hydrogen) atoms. The lowest BCUT2D eigenvalue weighted by atomic mass is 10.0. The van der Waals surface area contributed by atoms with Gasteiger partial charge in [0.1, 0.15) is 0 Å². The molecule has 0 spiro atoms. The molecule has 2 atom stereocenters. The van der Waals surface area contributed by atoms with Crippen molar-refractivity contribution in [3.05, 3.63) is 35.4 Å². The zero-order valence-corrected chi connectivity index (χ0v) is 7.43. The second-order valence-electron chi connectivity index (χ2n) is 3.33. The number of halogens is 2. The molecule has 4 N–H and O–H groups in total. The molecule has 5 heteroatoms. The summed E-state index contributed by atoms with van der Waals surface area (Å²) in [5, 5.41) is 0. The van der Waals surface area contributed by atoms with E-state index in [-0.39, 0.29) is 12.2 Å². The molecule has 1 aromatic rings. The van der Waals surface area contributed by atoms with Gasteiger partial charge in [0.15, 0.2) is 11.6 Å². The van der Waals surface area contributed by atoms with Gasteiger partial charge in [0, 0.05) is 5.56 Å². The van der Waals surface area contributed by atoms with E-state index in [1.165, 1.54) is 6.07 Å². The maximum absolute atomic E-state index is 13.3. The highest BCUT2D eigenvalue weighted by atomic mass is 19.2. The van der Waals surface area contributed by atoms with Crippen molar-refractivity contribution in [1.29, 1.82) is 0 Å². The average molecular weight is 199 g/mol. The fraction of sp³-hybridized carbons (Fsp3) is 0.333. The van der Waals surface area contributed by atoms with Gasteiger partial charge in [-0.25, -0.2) is 19.6 Å². The van der Waals surface area contributed by atoms with E-state index in [2.05, 4.69) is 10.9 Å². The summed E-state index contributed by atoms with van der Waals surface area (Å²) in [4.78, 5) is 0. The quantitative estimate of drug-likeness (QED) is 0.626. The van der Waals surface area contributed by atoms with Crippen LogP contribution in [-0.2, 0) is 0 Å². The van der Waals surface area contributed by atoms with Gasteiger partial charge in [-0.15, -0.1) is 0 Å². The Morgan fingerprint density at radius 3 is 2.71 bits per heavy atom. The Balaban J connectivity index is 2.28. The number of hydrazine groups is 1. The number of nitrogens with two attached hydrogens (primary N) is 1. The van der Waals surface area contributed by atoms with E-state index in [1.807, 2.05) is 0 Å². The van der Waals surface area contributed by atoms with Crippen molar-refractivity contribution in [2.75, 3.05) is 0 Å². The Bertz CT molecular complexity index is 343. The first-order chi connectivity index (χ1) is 6.68. The highest BCUT2D eigenvalue weighted by Gasteiger charge is 2.25. The monoisotopic (exact) mass is 199 g/mol. The summed E-state index contributed by atoms with van der Waals surface area (Å²) >= 11 is 0. The minimum absolute atomic E-state index is 0.220. The molecule has 1 aliphatic heterocycles. The molecule has 0 bridgehead atoms. The molecule has 2 unspecified atom stereocenters. The van der Waals surface area contributed by atoms with Crippen molar-refractivity contribution in [3.63, 3.8) is 0 Å². The Hall–Kier alpha value is -1.04. The SMILES string of the molecule is NC1CC(c2cccc(F)c2F)NN1. The van der Waals surface area contributed by atoms with Gasteiger partial charge in [0.05, 0.1) is 12.2 Å². The van der Waals surface area contributed by atoms with Gasteiger partial charge in [0.2, 0.25) is 0 Å². The van der Waals surface area contributed by atoms with E-state index in [0.29, 0.717) is 12.0 Å². The maximum atomic E-state index is 13.3. The van der Waals surface area contributed by atoms with Crippen LogP contribution in [0.4, 0.5) is 8.78 Å². The van der Waals surface area contributed by atoms with E-state index in [1.54, 1.807) is 6.07 Å². The van der Waals surface area contributed by atoms with Crippen LogP contribution in [-0.4, -0.2) is 6.17 Å². The summed E-state index contributed by atoms with van der Waals surface area (Å²) < 4.78 is 26.2. The largest absolute Gasteiger partial charge is 0.315 e. The molecule has 0 radical (unpaired) electrons. The number of rotatable bonds is 1. The fourth-order valence-corrected chi connectivity index (χ4v) is 1.57. The topological polar surface area (TPSA) is 50.1 Å². The average Bonchev–Trinajstić information content (AvgIpc) is 2.57. The zero-order valence-electron chi connectivity index (χ0n) is 7.43. The first-order valence-electron chi connectivity index (χ1n) is 4.39. The predicted octanol–water partition coefficient (Wildman–Crippen LogP) is 0.789. The Morgan fingerprint density at radius 2 is 2.07 bits per heavy atom. The fourth-order valence-electron chi connectivity index (χ4n) is 1.57. The highest BCUT2D eigenvalue weighted by Crippen LogP contribution is 2.24. The van der Waals surface area contributed by atoms with Gasteiger partial charge < -0.3 is 5.73 Å². The standard InChI is InChI=1S/C9H11F2N3/c10-6-3-1-2-5(9(6)11)7-4-8(12)14-13-7/h1-3,7-8,13-14H,4,12H2. The van der Waals surface area contributed by atoms with E-state index in [9.17, 15) is 8.78 Å². The van der Waals surface area contributed by atoms with Crippen molar-refractivity contribution in [3.8, 4) is 0 Å². The minimum atomic E-state index is -0.829. The first kappa shape index (κ1) is 9.51. The first-order valence-corrected chi connectivity index (χ1v) is 4.39. The third kappa shape index (κ3) is 1.61. The number of hydrogen-bond donors (Lipinski definition) is 3. The van der Waals surface area contributed by atoms with Crippen molar-refractivity contribution in [2.45, 2.75) is 18.6 Å². The molecule has 0 aliphatic carbocycles. The molecule has 1 aliphatic rings. The third-order valence-corrected chi connectivity index (χ3v) is 2.29. The van der Waals surface area contributed by atoms with E-state index >= 15 is 0 Å². The molecule has 76 valence electrons. The predicted molar refractivity (Wildman–Crippen MR) is 48.0 cm³/mol. The number of nitrogens with one attached hydrogen (secondary N) is 2. The summed E-state index contributed by atoms with van der Waals surface area (Å²) in [7, 11) is 0. The van der Waals surface area contributed by atoms with Crippen LogP contribution in [0.3, 0.4) is 0 Å². The normalized spacial score (nSPS) is 26.8. The van der Waals surface area contributed by atoms with Crippen LogP contribution in [0.5, 0.6) is 0 Å². The summed E-state index contributed by atoms with van der Waals surface area (Å²) in [6, 6.07) is 3.87. The summed E-state index contributed by atoms with van der Waals surface area (Å²) in [5.41, 5.74) is 11.4. The van der Waals surface area contributed by atoms with Gasteiger partial charge in [-0.05, 0) is 12.5 Å². The summed E-state index contributed by atoms with van der Waals surface area (Å²) in [5.74, 6) is -1.63. The molecule has 1 saturated heterocycles. The molecule has 2 rings (SSSR count). The number of hydrogen-bond acceptors (Lipinski definition) is 3. The van der Waals surface area contributed by atoms with E-state index in [0.717, 1.165) is 6.07 Å².